The molecule has 0 radical (unpaired) electrons. The van der Waals surface area contributed by atoms with E-state index < -0.39 is 0 Å². The molecule has 30 heavy (non-hydrogen) atoms. The van der Waals surface area contributed by atoms with Crippen LogP contribution in [0.5, 0.6) is 0 Å². The summed E-state index contributed by atoms with van der Waals surface area (Å²) in [6.07, 6.45) is 5.65. The van der Waals surface area contributed by atoms with E-state index in [0.717, 1.165) is 28.3 Å². The lowest BCUT2D eigenvalue weighted by molar-refractivity contribution is 0.597. The van der Waals surface area contributed by atoms with E-state index in [2.05, 4.69) is 97.8 Å². The predicted octanol–water partition coefficient (Wildman–Crippen LogP) is 5.99. The molecule has 0 fully saturated rings. The van der Waals surface area contributed by atoms with Gasteiger partial charge in [-0.05, 0) is 83.0 Å². The van der Waals surface area contributed by atoms with Gasteiger partial charge in [-0.25, -0.2) is 4.98 Å². The average Bonchev–Trinajstić information content (AvgIpc) is 2.68. The molecule has 3 N–H and O–H groups in total. The minimum absolute atomic E-state index is 0.263. The van der Waals surface area contributed by atoms with Crippen molar-refractivity contribution in [3.8, 4) is 0 Å². The Morgan fingerprint density at radius 3 is 2.13 bits per heavy atom. The summed E-state index contributed by atoms with van der Waals surface area (Å²) in [7, 11) is 0. The molecule has 3 aromatic rings. The van der Waals surface area contributed by atoms with E-state index in [-0.39, 0.29) is 11.1 Å². The summed E-state index contributed by atoms with van der Waals surface area (Å²) in [5, 5.41) is 10.6. The Labute approximate surface area is 180 Å². The number of para-hydroxylation sites is 1. The van der Waals surface area contributed by atoms with Crippen LogP contribution in [0.15, 0.2) is 67.1 Å². The lowest BCUT2D eigenvalue weighted by Crippen LogP contribution is -2.30. The van der Waals surface area contributed by atoms with Crippen molar-refractivity contribution in [1.82, 2.24) is 9.97 Å². The van der Waals surface area contributed by atoms with Gasteiger partial charge in [-0.3, -0.25) is 4.98 Å². The largest absolute Gasteiger partial charge is 0.376 e. The van der Waals surface area contributed by atoms with E-state index in [1.54, 1.807) is 0 Å². The number of hydrogen-bond acceptors (Lipinski definition) is 5. The highest BCUT2D eigenvalue weighted by atomic mass is 15.0. The molecule has 3 rings (SSSR count). The van der Waals surface area contributed by atoms with Gasteiger partial charge in [-0.15, -0.1) is 0 Å². The summed E-state index contributed by atoms with van der Waals surface area (Å²) in [5.74, 6) is 0.887. The van der Waals surface area contributed by atoms with Crippen LogP contribution >= 0.6 is 0 Å². The molecule has 0 aliphatic carbocycles. The van der Waals surface area contributed by atoms with Crippen molar-refractivity contribution >= 4 is 17.2 Å². The molecule has 1 aromatic carbocycles. The summed E-state index contributed by atoms with van der Waals surface area (Å²) in [6, 6.07) is 16.9. The Bertz CT molecular complexity index is 964. The van der Waals surface area contributed by atoms with Crippen molar-refractivity contribution < 1.29 is 0 Å². The summed E-state index contributed by atoms with van der Waals surface area (Å²) in [5.41, 5.74) is 3.80. The van der Waals surface area contributed by atoms with Crippen LogP contribution in [-0.4, -0.2) is 16.0 Å². The first-order chi connectivity index (χ1) is 14.2. The lowest BCUT2D eigenvalue weighted by atomic mass is 9.93. The molecule has 5 nitrogen and oxygen atoms in total. The minimum Gasteiger partial charge on any atom is -0.376 e. The third-order valence-electron chi connectivity index (χ3n) is 5.07. The third kappa shape index (κ3) is 5.50. The number of rotatable bonds is 8. The molecule has 0 spiro atoms. The van der Waals surface area contributed by atoms with Crippen molar-refractivity contribution in [1.29, 1.82) is 0 Å². The van der Waals surface area contributed by atoms with Crippen LogP contribution < -0.4 is 16.0 Å². The number of nitrogens with zero attached hydrogens (tertiary/aromatic N) is 2. The van der Waals surface area contributed by atoms with Crippen molar-refractivity contribution in [2.24, 2.45) is 0 Å². The summed E-state index contributed by atoms with van der Waals surface area (Å²) < 4.78 is 0. The van der Waals surface area contributed by atoms with Crippen LogP contribution in [-0.2, 0) is 11.1 Å². The van der Waals surface area contributed by atoms with E-state index in [0.29, 0.717) is 6.04 Å². The van der Waals surface area contributed by atoms with Gasteiger partial charge in [0.1, 0.15) is 5.82 Å². The fourth-order valence-electron chi connectivity index (χ4n) is 3.43. The summed E-state index contributed by atoms with van der Waals surface area (Å²) >= 11 is 0. The highest BCUT2D eigenvalue weighted by Crippen LogP contribution is 2.30. The number of hydrogen-bond donors (Lipinski definition) is 3. The van der Waals surface area contributed by atoms with E-state index in [9.17, 15) is 0 Å². The Balaban J connectivity index is 1.80. The van der Waals surface area contributed by atoms with Gasteiger partial charge in [0.15, 0.2) is 0 Å². The highest BCUT2D eigenvalue weighted by molar-refractivity contribution is 5.52. The first-order valence-corrected chi connectivity index (χ1v) is 10.5. The molecule has 0 aliphatic heterocycles. The zero-order chi connectivity index (χ0) is 21.8. The second-order valence-electron chi connectivity index (χ2n) is 9.06. The second-order valence-corrected chi connectivity index (χ2v) is 9.06. The Morgan fingerprint density at radius 2 is 1.43 bits per heavy atom. The molecular weight excluding hydrogens is 370 g/mol. The van der Waals surface area contributed by atoms with E-state index in [1.807, 2.05) is 36.8 Å². The zero-order valence-electron chi connectivity index (χ0n) is 18.8. The van der Waals surface area contributed by atoms with E-state index in [4.69, 9.17) is 0 Å². The Kier molecular flexibility index (Phi) is 6.30. The SMILES string of the molecule is CC(C)Nc1cc(C(C)(C)Nc2cncc(C(C)(C)Nc3ccccc3)c2)ccn1. The molecule has 158 valence electrons. The van der Waals surface area contributed by atoms with Crippen molar-refractivity contribution in [2.45, 2.75) is 58.7 Å². The first kappa shape index (κ1) is 21.6. The van der Waals surface area contributed by atoms with Gasteiger partial charge in [0.2, 0.25) is 0 Å². The number of aromatic nitrogens is 2. The lowest BCUT2D eigenvalue weighted by Gasteiger charge is -2.31. The van der Waals surface area contributed by atoms with Crippen LogP contribution in [0.25, 0.3) is 0 Å². The molecular formula is C25H33N5. The quantitative estimate of drug-likeness (QED) is 0.431. The normalized spacial score (nSPS) is 12.0. The maximum atomic E-state index is 4.50. The molecule has 0 bridgehead atoms. The van der Waals surface area contributed by atoms with Crippen molar-refractivity contribution in [3.63, 3.8) is 0 Å². The zero-order valence-corrected chi connectivity index (χ0v) is 18.8. The van der Waals surface area contributed by atoms with Gasteiger partial charge in [0, 0.05) is 30.3 Å². The van der Waals surface area contributed by atoms with Crippen LogP contribution in [0.3, 0.4) is 0 Å². The van der Waals surface area contributed by atoms with Crippen molar-refractivity contribution in [2.75, 3.05) is 16.0 Å². The van der Waals surface area contributed by atoms with Crippen LogP contribution in [0.1, 0.15) is 52.7 Å². The van der Waals surface area contributed by atoms with Gasteiger partial charge in [-0.1, -0.05) is 18.2 Å². The number of nitrogens with one attached hydrogen (secondary N) is 3. The maximum absolute atomic E-state index is 4.50. The van der Waals surface area contributed by atoms with Crippen LogP contribution in [0.4, 0.5) is 17.2 Å². The monoisotopic (exact) mass is 403 g/mol. The molecule has 0 unspecified atom stereocenters. The molecule has 2 heterocycles. The molecule has 0 aliphatic rings. The molecule has 5 heteroatoms. The first-order valence-electron chi connectivity index (χ1n) is 10.5. The van der Waals surface area contributed by atoms with E-state index >= 15 is 0 Å². The van der Waals surface area contributed by atoms with Gasteiger partial charge < -0.3 is 16.0 Å². The summed E-state index contributed by atoms with van der Waals surface area (Å²) in [6.45, 7) is 12.9. The Hall–Kier alpha value is -3.08. The molecule has 0 atom stereocenters. The predicted molar refractivity (Wildman–Crippen MR) is 127 cm³/mol. The molecule has 2 aromatic heterocycles. The topological polar surface area (TPSA) is 61.9 Å². The van der Waals surface area contributed by atoms with Crippen LogP contribution in [0.2, 0.25) is 0 Å². The second kappa shape index (κ2) is 8.74. The number of pyridine rings is 2. The maximum Gasteiger partial charge on any atom is 0.126 e. The number of anilines is 3. The summed E-state index contributed by atoms with van der Waals surface area (Å²) in [4.78, 5) is 8.93. The molecule has 0 saturated carbocycles. The van der Waals surface area contributed by atoms with E-state index in [1.165, 1.54) is 0 Å². The van der Waals surface area contributed by atoms with Gasteiger partial charge in [0.25, 0.3) is 0 Å². The van der Waals surface area contributed by atoms with Gasteiger partial charge >= 0.3 is 0 Å². The number of benzene rings is 1. The standard InChI is InChI=1S/C25H33N5/c1-18(2)28-23-15-19(12-13-27-23)24(3,4)30-22-14-20(16-26-17-22)25(5,6)29-21-10-8-7-9-11-21/h7-18,29-30H,1-6H3,(H,27,28). The minimum atomic E-state index is -0.284. The smallest absolute Gasteiger partial charge is 0.126 e. The van der Waals surface area contributed by atoms with Gasteiger partial charge in [0.05, 0.1) is 16.8 Å². The fraction of sp³-hybridized carbons (Fsp3) is 0.360. The fourth-order valence-corrected chi connectivity index (χ4v) is 3.43. The van der Waals surface area contributed by atoms with Crippen molar-refractivity contribution in [3.05, 3.63) is 78.2 Å². The van der Waals surface area contributed by atoms with Crippen LogP contribution in [0, 0.1) is 0 Å². The Morgan fingerprint density at radius 1 is 0.767 bits per heavy atom. The molecule has 0 saturated heterocycles. The average molecular weight is 404 g/mol. The highest BCUT2D eigenvalue weighted by Gasteiger charge is 2.24. The van der Waals surface area contributed by atoms with Gasteiger partial charge in [-0.2, -0.15) is 0 Å². The molecule has 0 amide bonds. The third-order valence-corrected chi connectivity index (χ3v) is 5.07.